The van der Waals surface area contributed by atoms with Crippen LogP contribution in [-0.4, -0.2) is 16.8 Å². The molecule has 72 valence electrons. The molecule has 0 aromatic carbocycles. The number of rotatable bonds is 4. The van der Waals surface area contributed by atoms with E-state index in [0.717, 1.165) is 16.6 Å². The molecular formula is C9H14BrN3. The summed E-state index contributed by atoms with van der Waals surface area (Å²) in [5.74, 6) is 0. The zero-order chi connectivity index (χ0) is 9.84. The standard InChI is InChI=1S/C9H14BrN3/c1-4-5-8(11-2)9-7(10)6-12-13(9)3/h4,6,8,11H,1,5H2,2-3H3. The van der Waals surface area contributed by atoms with Gasteiger partial charge in [-0.25, -0.2) is 0 Å². The molecule has 0 fully saturated rings. The molecule has 0 aliphatic carbocycles. The zero-order valence-electron chi connectivity index (χ0n) is 7.92. The topological polar surface area (TPSA) is 29.9 Å². The Morgan fingerprint density at radius 3 is 2.92 bits per heavy atom. The van der Waals surface area contributed by atoms with Crippen molar-refractivity contribution in [3.8, 4) is 0 Å². The summed E-state index contributed by atoms with van der Waals surface area (Å²) in [5, 5.41) is 7.39. The average Bonchev–Trinajstić information content (AvgIpc) is 2.43. The summed E-state index contributed by atoms with van der Waals surface area (Å²) in [7, 11) is 3.88. The monoisotopic (exact) mass is 243 g/mol. The van der Waals surface area contributed by atoms with Crippen LogP contribution in [0.15, 0.2) is 23.3 Å². The molecule has 1 aromatic heterocycles. The van der Waals surface area contributed by atoms with E-state index in [0.29, 0.717) is 0 Å². The van der Waals surface area contributed by atoms with Gasteiger partial charge in [0.05, 0.1) is 22.4 Å². The molecule has 1 unspecified atom stereocenters. The van der Waals surface area contributed by atoms with Crippen LogP contribution in [0.25, 0.3) is 0 Å². The van der Waals surface area contributed by atoms with E-state index in [9.17, 15) is 0 Å². The van der Waals surface area contributed by atoms with Gasteiger partial charge in [0.1, 0.15) is 0 Å². The highest BCUT2D eigenvalue weighted by molar-refractivity contribution is 9.10. The predicted octanol–water partition coefficient (Wildman–Crippen LogP) is 2.02. The fourth-order valence-electron chi connectivity index (χ4n) is 1.35. The molecule has 4 heteroatoms. The molecule has 0 amide bonds. The van der Waals surface area contributed by atoms with E-state index in [1.54, 1.807) is 0 Å². The lowest BCUT2D eigenvalue weighted by Crippen LogP contribution is -2.19. The van der Waals surface area contributed by atoms with Crippen LogP contribution < -0.4 is 5.32 Å². The molecule has 1 atom stereocenters. The smallest absolute Gasteiger partial charge is 0.0695 e. The van der Waals surface area contributed by atoms with Crippen LogP contribution in [0.3, 0.4) is 0 Å². The van der Waals surface area contributed by atoms with Gasteiger partial charge in [0.15, 0.2) is 0 Å². The highest BCUT2D eigenvalue weighted by atomic mass is 79.9. The predicted molar refractivity (Wildman–Crippen MR) is 57.5 cm³/mol. The molecule has 13 heavy (non-hydrogen) atoms. The van der Waals surface area contributed by atoms with Gasteiger partial charge in [-0.2, -0.15) is 5.10 Å². The average molecular weight is 244 g/mol. The summed E-state index contributed by atoms with van der Waals surface area (Å²) >= 11 is 3.47. The van der Waals surface area contributed by atoms with Crippen LogP contribution in [-0.2, 0) is 7.05 Å². The first-order valence-corrected chi connectivity index (χ1v) is 4.95. The molecule has 0 radical (unpaired) electrons. The Labute approximate surface area is 87.0 Å². The molecule has 1 rings (SSSR count). The Morgan fingerprint density at radius 1 is 1.85 bits per heavy atom. The molecule has 1 N–H and O–H groups in total. The van der Waals surface area contributed by atoms with Crippen molar-refractivity contribution in [1.82, 2.24) is 15.1 Å². The minimum Gasteiger partial charge on any atom is -0.311 e. The van der Waals surface area contributed by atoms with E-state index in [1.165, 1.54) is 0 Å². The van der Waals surface area contributed by atoms with Gasteiger partial charge in [-0.3, -0.25) is 4.68 Å². The summed E-state index contributed by atoms with van der Waals surface area (Å²) in [5.41, 5.74) is 1.16. The third-order valence-electron chi connectivity index (χ3n) is 2.02. The Balaban J connectivity index is 2.95. The number of nitrogens with zero attached hydrogens (tertiary/aromatic N) is 2. The van der Waals surface area contributed by atoms with Crippen molar-refractivity contribution in [3.63, 3.8) is 0 Å². The zero-order valence-corrected chi connectivity index (χ0v) is 9.50. The van der Waals surface area contributed by atoms with Crippen LogP contribution in [0.2, 0.25) is 0 Å². The van der Waals surface area contributed by atoms with Crippen molar-refractivity contribution in [3.05, 3.63) is 29.0 Å². The van der Waals surface area contributed by atoms with Crippen molar-refractivity contribution in [2.45, 2.75) is 12.5 Å². The number of aryl methyl sites for hydroxylation is 1. The number of hydrogen-bond donors (Lipinski definition) is 1. The fraction of sp³-hybridized carbons (Fsp3) is 0.444. The number of nitrogens with one attached hydrogen (secondary N) is 1. The second-order valence-electron chi connectivity index (χ2n) is 2.87. The van der Waals surface area contributed by atoms with E-state index in [-0.39, 0.29) is 6.04 Å². The van der Waals surface area contributed by atoms with Gasteiger partial charge < -0.3 is 5.32 Å². The van der Waals surface area contributed by atoms with Crippen LogP contribution in [0, 0.1) is 0 Å². The van der Waals surface area contributed by atoms with Gasteiger partial charge in [0.25, 0.3) is 0 Å². The van der Waals surface area contributed by atoms with Gasteiger partial charge >= 0.3 is 0 Å². The first-order valence-electron chi connectivity index (χ1n) is 4.16. The molecule has 0 saturated heterocycles. The number of aromatic nitrogens is 2. The highest BCUT2D eigenvalue weighted by Gasteiger charge is 2.15. The van der Waals surface area contributed by atoms with Gasteiger partial charge in [0.2, 0.25) is 0 Å². The van der Waals surface area contributed by atoms with Gasteiger partial charge in [-0.15, -0.1) is 6.58 Å². The van der Waals surface area contributed by atoms with Crippen LogP contribution >= 0.6 is 15.9 Å². The summed E-state index contributed by atoms with van der Waals surface area (Å²) in [6, 6.07) is 0.277. The lowest BCUT2D eigenvalue weighted by Gasteiger charge is -2.14. The van der Waals surface area contributed by atoms with Gasteiger partial charge in [-0.05, 0) is 29.4 Å². The van der Waals surface area contributed by atoms with Gasteiger partial charge in [-0.1, -0.05) is 6.08 Å². The summed E-state index contributed by atoms with van der Waals surface area (Å²) in [4.78, 5) is 0. The molecule has 3 nitrogen and oxygen atoms in total. The van der Waals surface area contributed by atoms with Crippen molar-refractivity contribution < 1.29 is 0 Å². The van der Waals surface area contributed by atoms with E-state index >= 15 is 0 Å². The maximum Gasteiger partial charge on any atom is 0.0695 e. The van der Waals surface area contributed by atoms with Gasteiger partial charge in [0, 0.05) is 7.05 Å². The first-order chi connectivity index (χ1) is 6.20. The largest absolute Gasteiger partial charge is 0.311 e. The van der Waals surface area contributed by atoms with E-state index in [1.807, 2.05) is 31.1 Å². The Kier molecular flexibility index (Phi) is 3.69. The summed E-state index contributed by atoms with van der Waals surface area (Å²) in [6.45, 7) is 3.73. The number of halogens is 1. The summed E-state index contributed by atoms with van der Waals surface area (Å²) in [6.07, 6.45) is 4.61. The number of hydrogen-bond acceptors (Lipinski definition) is 2. The van der Waals surface area contributed by atoms with Crippen molar-refractivity contribution in [1.29, 1.82) is 0 Å². The summed E-state index contributed by atoms with van der Waals surface area (Å²) < 4.78 is 2.91. The third-order valence-corrected chi connectivity index (χ3v) is 2.63. The molecule has 0 saturated carbocycles. The second kappa shape index (κ2) is 4.58. The van der Waals surface area contributed by atoms with Crippen molar-refractivity contribution in [2.24, 2.45) is 7.05 Å². The highest BCUT2D eigenvalue weighted by Crippen LogP contribution is 2.24. The van der Waals surface area contributed by atoms with E-state index in [2.05, 4.69) is 32.9 Å². The van der Waals surface area contributed by atoms with Crippen molar-refractivity contribution >= 4 is 15.9 Å². The quantitative estimate of drug-likeness (QED) is 0.821. The molecule has 1 heterocycles. The Morgan fingerprint density at radius 2 is 2.54 bits per heavy atom. The molecular weight excluding hydrogens is 230 g/mol. The maximum atomic E-state index is 4.16. The lowest BCUT2D eigenvalue weighted by atomic mass is 10.1. The molecule has 0 bridgehead atoms. The lowest BCUT2D eigenvalue weighted by molar-refractivity contribution is 0.543. The molecule has 1 aromatic rings. The minimum absolute atomic E-state index is 0.277. The van der Waals surface area contributed by atoms with Crippen molar-refractivity contribution in [2.75, 3.05) is 7.05 Å². The molecule has 0 spiro atoms. The minimum atomic E-state index is 0.277. The SMILES string of the molecule is C=CCC(NC)c1c(Br)cnn1C. The fourth-order valence-corrected chi connectivity index (χ4v) is 1.97. The van der Waals surface area contributed by atoms with Crippen LogP contribution in [0.1, 0.15) is 18.2 Å². The Hall–Kier alpha value is -0.610. The van der Waals surface area contributed by atoms with E-state index < -0.39 is 0 Å². The van der Waals surface area contributed by atoms with Crippen LogP contribution in [0.5, 0.6) is 0 Å². The second-order valence-corrected chi connectivity index (χ2v) is 3.72. The van der Waals surface area contributed by atoms with Crippen LogP contribution in [0.4, 0.5) is 0 Å². The normalized spacial score (nSPS) is 12.8. The van der Waals surface area contributed by atoms with E-state index in [4.69, 9.17) is 0 Å². The molecule has 0 aliphatic rings. The third kappa shape index (κ3) is 2.19. The molecule has 0 aliphatic heterocycles. The maximum absolute atomic E-state index is 4.16. The first kappa shape index (κ1) is 10.5. The Bertz CT molecular complexity index is 274.